The molecule has 0 bridgehead atoms. The molecule has 3 N–H and O–H groups in total. The van der Waals surface area contributed by atoms with Crippen LogP contribution >= 0.6 is 0 Å². The SMILES string of the molecule is CC(O)CCNC(C)CC1CCCCCN1. The van der Waals surface area contributed by atoms with E-state index in [2.05, 4.69) is 17.6 Å². The van der Waals surface area contributed by atoms with E-state index in [1.807, 2.05) is 6.92 Å². The lowest BCUT2D eigenvalue weighted by Gasteiger charge is -2.21. The Bertz CT molecular complexity index is 165. The maximum absolute atomic E-state index is 9.17. The zero-order chi connectivity index (χ0) is 11.8. The predicted molar refractivity (Wildman–Crippen MR) is 68.6 cm³/mol. The number of hydrogen-bond donors (Lipinski definition) is 3. The average Bonchev–Trinajstić information content (AvgIpc) is 2.45. The number of aliphatic hydroxyl groups excluding tert-OH is 1. The standard InChI is InChI=1S/C13H28N2O/c1-11(14-9-7-12(2)16)10-13-6-4-3-5-8-15-13/h11-16H,3-10H2,1-2H3. The molecule has 0 spiro atoms. The first kappa shape index (κ1) is 13.9. The van der Waals surface area contributed by atoms with E-state index in [1.165, 1.54) is 38.6 Å². The van der Waals surface area contributed by atoms with Crippen LogP contribution in [0.5, 0.6) is 0 Å². The third kappa shape index (κ3) is 6.46. The summed E-state index contributed by atoms with van der Waals surface area (Å²) in [6, 6.07) is 1.24. The third-order valence-corrected chi connectivity index (χ3v) is 3.36. The van der Waals surface area contributed by atoms with Gasteiger partial charge in [0.15, 0.2) is 0 Å². The molecule has 3 heteroatoms. The second-order valence-corrected chi connectivity index (χ2v) is 5.23. The van der Waals surface area contributed by atoms with E-state index in [-0.39, 0.29) is 6.10 Å². The van der Waals surface area contributed by atoms with Crippen molar-refractivity contribution in [2.75, 3.05) is 13.1 Å². The molecule has 0 aromatic carbocycles. The van der Waals surface area contributed by atoms with Crippen LogP contribution in [0.25, 0.3) is 0 Å². The first-order valence-corrected chi connectivity index (χ1v) is 6.83. The third-order valence-electron chi connectivity index (χ3n) is 3.36. The second kappa shape index (κ2) is 8.04. The quantitative estimate of drug-likeness (QED) is 0.648. The van der Waals surface area contributed by atoms with Crippen LogP contribution in [0.1, 0.15) is 52.4 Å². The minimum absolute atomic E-state index is 0.185. The minimum atomic E-state index is -0.185. The van der Waals surface area contributed by atoms with Gasteiger partial charge in [-0.1, -0.05) is 12.8 Å². The van der Waals surface area contributed by atoms with Crippen LogP contribution in [0, 0.1) is 0 Å². The Morgan fingerprint density at radius 3 is 2.88 bits per heavy atom. The van der Waals surface area contributed by atoms with Gasteiger partial charge in [0, 0.05) is 12.1 Å². The van der Waals surface area contributed by atoms with Crippen molar-refractivity contribution in [3.05, 3.63) is 0 Å². The highest BCUT2D eigenvalue weighted by Crippen LogP contribution is 2.12. The van der Waals surface area contributed by atoms with E-state index in [0.717, 1.165) is 13.0 Å². The molecular weight excluding hydrogens is 200 g/mol. The lowest BCUT2D eigenvalue weighted by atomic mass is 10.0. The Kier molecular flexibility index (Phi) is 7.01. The Morgan fingerprint density at radius 2 is 2.12 bits per heavy atom. The minimum Gasteiger partial charge on any atom is -0.393 e. The molecule has 3 atom stereocenters. The van der Waals surface area contributed by atoms with Gasteiger partial charge in [-0.05, 0) is 52.6 Å². The van der Waals surface area contributed by atoms with E-state index in [0.29, 0.717) is 12.1 Å². The Morgan fingerprint density at radius 1 is 1.31 bits per heavy atom. The first-order chi connectivity index (χ1) is 7.68. The summed E-state index contributed by atoms with van der Waals surface area (Å²) in [6.07, 6.45) is 7.28. The molecule has 1 heterocycles. The molecule has 0 amide bonds. The van der Waals surface area contributed by atoms with Gasteiger partial charge in [-0.3, -0.25) is 0 Å². The fourth-order valence-corrected chi connectivity index (χ4v) is 2.35. The van der Waals surface area contributed by atoms with Gasteiger partial charge in [-0.25, -0.2) is 0 Å². The highest BCUT2D eigenvalue weighted by molar-refractivity contribution is 4.76. The van der Waals surface area contributed by atoms with Crippen LogP contribution < -0.4 is 10.6 Å². The number of aliphatic hydroxyl groups is 1. The summed E-state index contributed by atoms with van der Waals surface area (Å²) in [6.45, 7) is 6.20. The van der Waals surface area contributed by atoms with Crippen molar-refractivity contribution in [1.29, 1.82) is 0 Å². The van der Waals surface area contributed by atoms with Crippen LogP contribution in [0.3, 0.4) is 0 Å². The van der Waals surface area contributed by atoms with E-state index >= 15 is 0 Å². The maximum Gasteiger partial charge on any atom is 0.0524 e. The molecule has 1 aliphatic heterocycles. The molecule has 0 aromatic heterocycles. The molecule has 1 saturated heterocycles. The molecule has 3 nitrogen and oxygen atoms in total. The lowest BCUT2D eigenvalue weighted by molar-refractivity contribution is 0.182. The van der Waals surface area contributed by atoms with Gasteiger partial charge in [-0.2, -0.15) is 0 Å². The number of rotatable bonds is 6. The smallest absolute Gasteiger partial charge is 0.0524 e. The summed E-state index contributed by atoms with van der Waals surface area (Å²) in [4.78, 5) is 0. The van der Waals surface area contributed by atoms with Gasteiger partial charge in [0.25, 0.3) is 0 Å². The Balaban J connectivity index is 2.09. The number of hydrogen-bond acceptors (Lipinski definition) is 3. The fourth-order valence-electron chi connectivity index (χ4n) is 2.35. The maximum atomic E-state index is 9.17. The fraction of sp³-hybridized carbons (Fsp3) is 1.00. The monoisotopic (exact) mass is 228 g/mol. The highest BCUT2D eigenvalue weighted by Gasteiger charge is 2.14. The van der Waals surface area contributed by atoms with Crippen molar-refractivity contribution >= 4 is 0 Å². The Hall–Kier alpha value is -0.120. The molecule has 0 aromatic rings. The van der Waals surface area contributed by atoms with Crippen molar-refractivity contribution in [3.63, 3.8) is 0 Å². The number of nitrogens with one attached hydrogen (secondary N) is 2. The van der Waals surface area contributed by atoms with Crippen molar-refractivity contribution in [3.8, 4) is 0 Å². The molecule has 0 aliphatic carbocycles. The van der Waals surface area contributed by atoms with Crippen LogP contribution in [-0.4, -0.2) is 36.4 Å². The van der Waals surface area contributed by atoms with Crippen LogP contribution in [0.2, 0.25) is 0 Å². The summed E-state index contributed by atoms with van der Waals surface area (Å²) >= 11 is 0. The second-order valence-electron chi connectivity index (χ2n) is 5.23. The van der Waals surface area contributed by atoms with E-state index in [9.17, 15) is 5.11 Å². The topological polar surface area (TPSA) is 44.3 Å². The van der Waals surface area contributed by atoms with Crippen LogP contribution in [0.4, 0.5) is 0 Å². The van der Waals surface area contributed by atoms with E-state index in [4.69, 9.17) is 0 Å². The lowest BCUT2D eigenvalue weighted by Crippen LogP contribution is -2.37. The Labute approximate surface area is 100 Å². The zero-order valence-electron chi connectivity index (χ0n) is 10.8. The molecule has 3 unspecified atom stereocenters. The average molecular weight is 228 g/mol. The molecule has 0 saturated carbocycles. The summed E-state index contributed by atoms with van der Waals surface area (Å²) in [5.74, 6) is 0. The summed E-state index contributed by atoms with van der Waals surface area (Å²) in [7, 11) is 0. The molecule has 96 valence electrons. The summed E-state index contributed by atoms with van der Waals surface area (Å²) in [5.41, 5.74) is 0. The van der Waals surface area contributed by atoms with Gasteiger partial charge in [0.1, 0.15) is 0 Å². The van der Waals surface area contributed by atoms with Crippen molar-refractivity contribution in [2.45, 2.75) is 70.6 Å². The van der Waals surface area contributed by atoms with E-state index < -0.39 is 0 Å². The van der Waals surface area contributed by atoms with Crippen molar-refractivity contribution in [2.24, 2.45) is 0 Å². The molecule has 1 rings (SSSR count). The van der Waals surface area contributed by atoms with Crippen LogP contribution in [-0.2, 0) is 0 Å². The van der Waals surface area contributed by atoms with Crippen molar-refractivity contribution in [1.82, 2.24) is 10.6 Å². The first-order valence-electron chi connectivity index (χ1n) is 6.83. The molecule has 0 radical (unpaired) electrons. The largest absolute Gasteiger partial charge is 0.393 e. The zero-order valence-corrected chi connectivity index (χ0v) is 10.8. The van der Waals surface area contributed by atoms with Gasteiger partial charge >= 0.3 is 0 Å². The van der Waals surface area contributed by atoms with E-state index in [1.54, 1.807) is 0 Å². The van der Waals surface area contributed by atoms with Crippen molar-refractivity contribution < 1.29 is 5.11 Å². The molecule has 1 aliphatic rings. The molecule has 16 heavy (non-hydrogen) atoms. The van der Waals surface area contributed by atoms with Gasteiger partial charge in [0.2, 0.25) is 0 Å². The summed E-state index contributed by atoms with van der Waals surface area (Å²) in [5, 5.41) is 16.3. The van der Waals surface area contributed by atoms with Gasteiger partial charge < -0.3 is 15.7 Å². The normalized spacial score (nSPS) is 26.1. The van der Waals surface area contributed by atoms with Crippen LogP contribution in [0.15, 0.2) is 0 Å². The highest BCUT2D eigenvalue weighted by atomic mass is 16.3. The summed E-state index contributed by atoms with van der Waals surface area (Å²) < 4.78 is 0. The predicted octanol–water partition coefficient (Wildman–Crippen LogP) is 1.66. The molecule has 1 fully saturated rings. The van der Waals surface area contributed by atoms with Gasteiger partial charge in [0.05, 0.1) is 6.10 Å². The van der Waals surface area contributed by atoms with Gasteiger partial charge in [-0.15, -0.1) is 0 Å². The molecular formula is C13H28N2O.